The van der Waals surface area contributed by atoms with Crippen LogP contribution in [-0.4, -0.2) is 52.8 Å². The Morgan fingerprint density at radius 1 is 1.12 bits per heavy atom. The van der Waals surface area contributed by atoms with E-state index in [1.165, 1.54) is 6.92 Å². The van der Waals surface area contributed by atoms with Crippen LogP contribution < -0.4 is 4.18 Å². The summed E-state index contributed by atoms with van der Waals surface area (Å²) in [6, 6.07) is 0. The van der Waals surface area contributed by atoms with Crippen LogP contribution in [0.5, 0.6) is 5.75 Å². The maximum atomic E-state index is 14.5. The maximum Gasteiger partial charge on any atom is 0.344 e. The van der Waals surface area contributed by atoms with Crippen LogP contribution in [0.25, 0.3) is 0 Å². The fourth-order valence-electron chi connectivity index (χ4n) is 2.02. The zero-order chi connectivity index (χ0) is 19.4. The zero-order valence-corrected chi connectivity index (χ0v) is 15.2. The Morgan fingerprint density at radius 3 is 2.20 bits per heavy atom. The first-order valence-electron chi connectivity index (χ1n) is 7.40. The summed E-state index contributed by atoms with van der Waals surface area (Å²) in [6.07, 6.45) is 0.0930. The molecule has 0 aliphatic rings. The molecule has 6 nitrogen and oxygen atoms in total. The molecule has 0 aliphatic heterocycles. The summed E-state index contributed by atoms with van der Waals surface area (Å²) < 4.78 is 75.1. The minimum absolute atomic E-state index is 0.192. The van der Waals surface area contributed by atoms with E-state index >= 15 is 0 Å². The number of hydrogen-bond donors (Lipinski definition) is 0. The number of benzene rings is 1. The van der Waals surface area contributed by atoms with Crippen LogP contribution in [-0.2, 0) is 21.3 Å². The molecule has 0 bridgehead atoms. The van der Waals surface area contributed by atoms with Crippen LogP contribution >= 0.6 is 0 Å². The Hall–Kier alpha value is -1.81. The Balaban J connectivity index is 3.52. The molecule has 1 aromatic rings. The van der Waals surface area contributed by atoms with Crippen LogP contribution in [0.1, 0.15) is 29.3 Å². The van der Waals surface area contributed by atoms with E-state index < -0.39 is 56.2 Å². The van der Waals surface area contributed by atoms with Crippen LogP contribution in [0.15, 0.2) is 0 Å². The number of carbonyl (C=O) groups is 1. The third-order valence-electron chi connectivity index (χ3n) is 3.35. The molecule has 0 amide bonds. The molecule has 10 heteroatoms. The van der Waals surface area contributed by atoms with Crippen LogP contribution in [0.3, 0.4) is 0 Å². The third kappa shape index (κ3) is 5.08. The minimum atomic E-state index is -4.29. The number of methoxy groups -OCH3 is 1. The van der Waals surface area contributed by atoms with Crippen molar-refractivity contribution in [2.45, 2.75) is 19.8 Å². The smallest absolute Gasteiger partial charge is 0.344 e. The molecule has 0 aromatic heterocycles. The maximum absolute atomic E-state index is 14.5. The van der Waals surface area contributed by atoms with Gasteiger partial charge in [0.25, 0.3) is 0 Å². The molecule has 0 heterocycles. The van der Waals surface area contributed by atoms with Gasteiger partial charge in [0.2, 0.25) is 5.75 Å². The molecule has 0 atom stereocenters. The van der Waals surface area contributed by atoms with Crippen molar-refractivity contribution in [3.05, 3.63) is 28.6 Å². The Bertz CT molecular complexity index is 750. The Labute approximate surface area is 144 Å². The molecule has 1 aromatic carbocycles. The molecule has 25 heavy (non-hydrogen) atoms. The summed E-state index contributed by atoms with van der Waals surface area (Å²) in [6.45, 7) is 1.67. The van der Waals surface area contributed by atoms with Crippen LogP contribution in [0.2, 0.25) is 0 Å². The van der Waals surface area contributed by atoms with Gasteiger partial charge in [-0.15, -0.1) is 0 Å². The number of hydrogen-bond acceptors (Lipinski definition) is 6. The van der Waals surface area contributed by atoms with Gasteiger partial charge in [-0.1, -0.05) is 0 Å². The van der Waals surface area contributed by atoms with Gasteiger partial charge >= 0.3 is 16.1 Å². The quantitative estimate of drug-likeness (QED) is 0.506. The van der Waals surface area contributed by atoms with Crippen LogP contribution in [0.4, 0.5) is 13.2 Å². The first-order chi connectivity index (χ1) is 11.6. The predicted molar refractivity (Wildman–Crippen MR) is 84.6 cm³/mol. The van der Waals surface area contributed by atoms with Gasteiger partial charge in [-0.2, -0.15) is 8.42 Å². The van der Waals surface area contributed by atoms with E-state index in [1.807, 2.05) is 0 Å². The van der Waals surface area contributed by atoms with Crippen molar-refractivity contribution in [3.63, 3.8) is 0 Å². The lowest BCUT2D eigenvalue weighted by Crippen LogP contribution is -2.19. The van der Waals surface area contributed by atoms with E-state index in [-0.39, 0.29) is 12.8 Å². The van der Waals surface area contributed by atoms with Gasteiger partial charge in [0.15, 0.2) is 11.6 Å². The Kier molecular flexibility index (Phi) is 7.24. The molecule has 0 unspecified atom stereocenters. The third-order valence-corrected chi connectivity index (χ3v) is 4.48. The fourth-order valence-corrected chi connectivity index (χ4v) is 2.54. The van der Waals surface area contributed by atoms with E-state index in [9.17, 15) is 26.4 Å². The highest BCUT2D eigenvalue weighted by molar-refractivity contribution is 7.87. The standard InChI is InChI=1S/C15H20F3NO5S/c1-5-25(21,22)24-14-12(17)9(7-6-8-19(2)3)11(16)10(13(14)18)15(20)23-4/h5-8H2,1-4H3. The molecule has 0 spiro atoms. The van der Waals surface area contributed by atoms with Crippen molar-refractivity contribution >= 4 is 16.1 Å². The van der Waals surface area contributed by atoms with Crippen LogP contribution in [0, 0.1) is 17.5 Å². The predicted octanol–water partition coefficient (Wildman–Crippen LogP) is 2.11. The monoisotopic (exact) mass is 383 g/mol. The highest BCUT2D eigenvalue weighted by atomic mass is 32.2. The van der Waals surface area contributed by atoms with Crippen molar-refractivity contribution in [2.24, 2.45) is 0 Å². The van der Waals surface area contributed by atoms with Gasteiger partial charge in [0.1, 0.15) is 11.4 Å². The normalized spacial score (nSPS) is 11.7. The average molecular weight is 383 g/mol. The zero-order valence-electron chi connectivity index (χ0n) is 14.4. The summed E-state index contributed by atoms with van der Waals surface area (Å²) in [4.78, 5) is 13.4. The van der Waals surface area contributed by atoms with Gasteiger partial charge in [-0.25, -0.2) is 18.0 Å². The molecule has 0 N–H and O–H groups in total. The van der Waals surface area contributed by atoms with E-state index in [0.717, 1.165) is 7.11 Å². The summed E-state index contributed by atoms with van der Waals surface area (Å²) in [7, 11) is 0.0947. The molecule has 142 valence electrons. The second-order valence-corrected chi connectivity index (χ2v) is 7.31. The number of esters is 1. The van der Waals surface area contributed by atoms with Gasteiger partial charge < -0.3 is 13.8 Å². The molecular formula is C15H20F3NO5S. The van der Waals surface area contributed by atoms with Gasteiger partial charge in [-0.05, 0) is 40.4 Å². The Morgan fingerprint density at radius 2 is 1.72 bits per heavy atom. The lowest BCUT2D eigenvalue weighted by molar-refractivity contribution is 0.0588. The number of nitrogens with zero attached hydrogens (tertiary/aromatic N) is 1. The van der Waals surface area contributed by atoms with E-state index in [2.05, 4.69) is 8.92 Å². The fraction of sp³-hybridized carbons (Fsp3) is 0.533. The molecular weight excluding hydrogens is 363 g/mol. The van der Waals surface area contributed by atoms with E-state index in [0.29, 0.717) is 6.54 Å². The summed E-state index contributed by atoms with van der Waals surface area (Å²) >= 11 is 0. The lowest BCUT2D eigenvalue weighted by atomic mass is 10.0. The second-order valence-electron chi connectivity index (χ2n) is 5.45. The average Bonchev–Trinajstić information content (AvgIpc) is 2.54. The van der Waals surface area contributed by atoms with Crippen molar-refractivity contribution in [2.75, 3.05) is 33.5 Å². The summed E-state index contributed by atoms with van der Waals surface area (Å²) in [5.41, 5.74) is -1.82. The topological polar surface area (TPSA) is 72.9 Å². The summed E-state index contributed by atoms with van der Waals surface area (Å²) in [5, 5.41) is 0. The SMILES string of the molecule is CCS(=O)(=O)Oc1c(F)c(CCCN(C)C)c(F)c(C(=O)OC)c1F. The first kappa shape index (κ1) is 21.2. The highest BCUT2D eigenvalue weighted by Crippen LogP contribution is 2.33. The van der Waals surface area contributed by atoms with Gasteiger partial charge in [0.05, 0.1) is 12.9 Å². The number of ether oxygens (including phenoxy) is 1. The van der Waals surface area contributed by atoms with E-state index in [4.69, 9.17) is 0 Å². The minimum Gasteiger partial charge on any atom is -0.465 e. The highest BCUT2D eigenvalue weighted by Gasteiger charge is 2.32. The molecule has 0 saturated carbocycles. The van der Waals surface area contributed by atoms with E-state index in [1.54, 1.807) is 19.0 Å². The van der Waals surface area contributed by atoms with Crippen molar-refractivity contribution in [3.8, 4) is 5.75 Å². The summed E-state index contributed by atoms with van der Waals surface area (Å²) in [5.74, 6) is -7.96. The number of halogens is 3. The molecule has 1 rings (SSSR count). The van der Waals surface area contributed by atoms with Crippen molar-refractivity contribution < 1.29 is 35.3 Å². The lowest BCUT2D eigenvalue weighted by Gasteiger charge is -2.15. The molecule has 0 aliphatic carbocycles. The number of carbonyl (C=O) groups excluding carboxylic acids is 1. The first-order valence-corrected chi connectivity index (χ1v) is 8.97. The molecule has 0 radical (unpaired) electrons. The second kappa shape index (κ2) is 8.52. The van der Waals surface area contributed by atoms with Crippen molar-refractivity contribution in [1.82, 2.24) is 4.90 Å². The number of rotatable bonds is 8. The van der Waals surface area contributed by atoms with Gasteiger partial charge in [0, 0.05) is 5.56 Å². The molecule has 0 saturated heterocycles. The largest absolute Gasteiger partial charge is 0.465 e. The van der Waals surface area contributed by atoms with Gasteiger partial charge in [-0.3, -0.25) is 0 Å². The van der Waals surface area contributed by atoms with Crippen molar-refractivity contribution in [1.29, 1.82) is 0 Å². The molecule has 0 fully saturated rings.